The van der Waals surface area contributed by atoms with E-state index in [0.717, 1.165) is 38.3 Å². The molecule has 1 unspecified atom stereocenters. The molecule has 0 bridgehead atoms. The van der Waals surface area contributed by atoms with Crippen molar-refractivity contribution in [1.82, 2.24) is 19.7 Å². The highest BCUT2D eigenvalue weighted by atomic mass is 35.5. The summed E-state index contributed by atoms with van der Waals surface area (Å²) in [6.45, 7) is 6.29. The third kappa shape index (κ3) is 5.52. The number of aromatic nitrogens is 1. The van der Waals surface area contributed by atoms with Gasteiger partial charge in [-0.1, -0.05) is 17.7 Å². The van der Waals surface area contributed by atoms with Gasteiger partial charge < -0.3 is 10.0 Å². The van der Waals surface area contributed by atoms with Gasteiger partial charge >= 0.3 is 0 Å². The van der Waals surface area contributed by atoms with E-state index in [0.29, 0.717) is 18.2 Å². The number of hydrogen-bond acceptors (Lipinski definition) is 5. The van der Waals surface area contributed by atoms with Crippen LogP contribution in [0.5, 0.6) is 0 Å². The van der Waals surface area contributed by atoms with E-state index in [2.05, 4.69) is 26.7 Å². The Morgan fingerprint density at radius 3 is 2.76 bits per heavy atom. The molecule has 1 N–H and O–H groups in total. The molecule has 1 aliphatic heterocycles. The molecule has 0 aliphatic carbocycles. The number of rotatable bonds is 6. The molecule has 1 aliphatic rings. The second-order valence-electron chi connectivity index (χ2n) is 5.91. The van der Waals surface area contributed by atoms with Gasteiger partial charge in [0.15, 0.2) is 0 Å². The second kappa shape index (κ2) is 8.06. The van der Waals surface area contributed by atoms with Gasteiger partial charge in [-0.2, -0.15) is 0 Å². The van der Waals surface area contributed by atoms with Crippen LogP contribution >= 0.6 is 11.6 Å². The summed E-state index contributed by atoms with van der Waals surface area (Å²) >= 11 is 6.06. The van der Waals surface area contributed by atoms with Gasteiger partial charge in [-0.15, -0.1) is 0 Å². The zero-order valence-electron chi connectivity index (χ0n) is 12.9. The molecule has 0 radical (unpaired) electrons. The highest BCUT2D eigenvalue weighted by molar-refractivity contribution is 6.30. The zero-order valence-corrected chi connectivity index (χ0v) is 13.6. The maximum atomic E-state index is 10.2. The SMILES string of the molecule is CN1CCN(CC(O)CN(C)Cc2cccnc2Cl)CC1. The summed E-state index contributed by atoms with van der Waals surface area (Å²) < 4.78 is 0. The molecular weight excluding hydrogens is 288 g/mol. The molecule has 0 spiro atoms. The average molecular weight is 313 g/mol. The Balaban J connectivity index is 1.74. The van der Waals surface area contributed by atoms with Gasteiger partial charge in [0.05, 0.1) is 6.10 Å². The number of aliphatic hydroxyl groups is 1. The van der Waals surface area contributed by atoms with E-state index in [1.54, 1.807) is 6.20 Å². The van der Waals surface area contributed by atoms with Crippen molar-refractivity contribution in [2.75, 3.05) is 53.4 Å². The number of likely N-dealkylation sites (N-methyl/N-ethyl adjacent to an activating group) is 2. The van der Waals surface area contributed by atoms with Crippen LogP contribution in [0.25, 0.3) is 0 Å². The molecule has 2 heterocycles. The standard InChI is InChI=1S/C15H25ClN4O/c1-18-6-8-20(9-7-18)12-14(21)11-19(2)10-13-4-3-5-17-15(13)16/h3-5,14,21H,6-12H2,1-2H3. The van der Waals surface area contributed by atoms with Crippen LogP contribution < -0.4 is 0 Å². The van der Waals surface area contributed by atoms with Gasteiger partial charge in [-0.05, 0) is 20.2 Å². The van der Waals surface area contributed by atoms with Crippen LogP contribution in [0.4, 0.5) is 0 Å². The first-order valence-corrected chi connectivity index (χ1v) is 7.79. The minimum Gasteiger partial charge on any atom is -0.390 e. The summed E-state index contributed by atoms with van der Waals surface area (Å²) in [5.74, 6) is 0. The fourth-order valence-electron chi connectivity index (χ4n) is 2.64. The minimum absolute atomic E-state index is 0.339. The first-order chi connectivity index (χ1) is 10.0. The predicted octanol–water partition coefficient (Wildman–Crippen LogP) is 0.775. The Morgan fingerprint density at radius 2 is 2.10 bits per heavy atom. The fraction of sp³-hybridized carbons (Fsp3) is 0.667. The van der Waals surface area contributed by atoms with E-state index < -0.39 is 0 Å². The van der Waals surface area contributed by atoms with Gasteiger partial charge in [0.25, 0.3) is 0 Å². The molecule has 0 saturated carbocycles. The highest BCUT2D eigenvalue weighted by Gasteiger charge is 2.18. The van der Waals surface area contributed by atoms with Crippen LogP contribution in [-0.4, -0.2) is 84.3 Å². The molecule has 1 saturated heterocycles. The molecule has 118 valence electrons. The van der Waals surface area contributed by atoms with Crippen LogP contribution in [0, 0.1) is 0 Å². The lowest BCUT2D eigenvalue weighted by Gasteiger charge is -2.34. The van der Waals surface area contributed by atoms with Gasteiger partial charge in [0, 0.05) is 57.6 Å². The highest BCUT2D eigenvalue weighted by Crippen LogP contribution is 2.13. The first-order valence-electron chi connectivity index (χ1n) is 7.41. The maximum absolute atomic E-state index is 10.2. The Labute approximate surface area is 132 Å². The maximum Gasteiger partial charge on any atom is 0.133 e. The van der Waals surface area contributed by atoms with Crippen LogP contribution in [-0.2, 0) is 6.54 Å². The molecule has 0 amide bonds. The first kappa shape index (κ1) is 16.6. The topological polar surface area (TPSA) is 42.8 Å². The van der Waals surface area contributed by atoms with Crippen LogP contribution in [0.1, 0.15) is 5.56 Å². The van der Waals surface area contributed by atoms with E-state index in [-0.39, 0.29) is 6.10 Å². The molecule has 1 atom stereocenters. The molecule has 6 heteroatoms. The fourth-order valence-corrected chi connectivity index (χ4v) is 2.82. The molecular formula is C15H25ClN4O. The number of piperazine rings is 1. The summed E-state index contributed by atoms with van der Waals surface area (Å²) in [7, 11) is 4.13. The number of aliphatic hydroxyl groups excluding tert-OH is 1. The molecule has 5 nitrogen and oxygen atoms in total. The average Bonchev–Trinajstić information content (AvgIpc) is 2.44. The number of pyridine rings is 1. The van der Waals surface area contributed by atoms with Crippen LogP contribution in [0.3, 0.4) is 0 Å². The summed E-state index contributed by atoms with van der Waals surface area (Å²) in [5.41, 5.74) is 0.994. The Hall–Kier alpha value is -0.720. The zero-order chi connectivity index (χ0) is 15.2. The van der Waals surface area contributed by atoms with E-state index in [4.69, 9.17) is 11.6 Å². The molecule has 1 aromatic rings. The van der Waals surface area contributed by atoms with Crippen molar-refractivity contribution in [2.24, 2.45) is 0 Å². The number of β-amino-alcohol motifs (C(OH)–C–C–N with tert-alkyl or cyclic N) is 1. The quantitative estimate of drug-likeness (QED) is 0.786. The van der Waals surface area contributed by atoms with Crippen LogP contribution in [0.15, 0.2) is 18.3 Å². The summed E-state index contributed by atoms with van der Waals surface area (Å²) in [6.07, 6.45) is 1.35. The van der Waals surface area contributed by atoms with Crippen molar-refractivity contribution < 1.29 is 5.11 Å². The number of nitrogens with zero attached hydrogens (tertiary/aromatic N) is 4. The van der Waals surface area contributed by atoms with Crippen molar-refractivity contribution >= 4 is 11.6 Å². The van der Waals surface area contributed by atoms with Crippen molar-refractivity contribution in [3.63, 3.8) is 0 Å². The van der Waals surface area contributed by atoms with E-state index in [9.17, 15) is 5.11 Å². The molecule has 1 aromatic heterocycles. The van der Waals surface area contributed by atoms with Crippen LogP contribution in [0.2, 0.25) is 5.15 Å². The smallest absolute Gasteiger partial charge is 0.133 e. The summed E-state index contributed by atoms with van der Waals surface area (Å²) in [6, 6.07) is 3.86. The Kier molecular flexibility index (Phi) is 6.39. The summed E-state index contributed by atoms with van der Waals surface area (Å²) in [5, 5.41) is 10.8. The van der Waals surface area contributed by atoms with Crippen molar-refractivity contribution in [1.29, 1.82) is 0 Å². The van der Waals surface area contributed by atoms with Crippen molar-refractivity contribution in [3.8, 4) is 0 Å². The van der Waals surface area contributed by atoms with Gasteiger partial charge in [-0.25, -0.2) is 4.98 Å². The van der Waals surface area contributed by atoms with Gasteiger partial charge in [0.2, 0.25) is 0 Å². The van der Waals surface area contributed by atoms with Gasteiger partial charge in [0.1, 0.15) is 5.15 Å². The van der Waals surface area contributed by atoms with Gasteiger partial charge in [-0.3, -0.25) is 9.80 Å². The minimum atomic E-state index is -0.339. The number of hydrogen-bond donors (Lipinski definition) is 1. The Bertz CT molecular complexity index is 437. The lowest BCUT2D eigenvalue weighted by molar-refractivity contribution is 0.0594. The lowest BCUT2D eigenvalue weighted by Crippen LogP contribution is -2.48. The molecule has 1 fully saturated rings. The molecule has 21 heavy (non-hydrogen) atoms. The molecule has 0 aromatic carbocycles. The number of halogens is 1. The third-order valence-corrected chi connectivity index (χ3v) is 4.20. The van der Waals surface area contributed by atoms with E-state index >= 15 is 0 Å². The predicted molar refractivity (Wildman–Crippen MR) is 85.5 cm³/mol. The monoisotopic (exact) mass is 312 g/mol. The van der Waals surface area contributed by atoms with E-state index in [1.165, 1.54) is 0 Å². The summed E-state index contributed by atoms with van der Waals surface area (Å²) in [4.78, 5) is 10.8. The van der Waals surface area contributed by atoms with Crippen molar-refractivity contribution in [3.05, 3.63) is 29.0 Å². The third-order valence-electron chi connectivity index (χ3n) is 3.86. The largest absolute Gasteiger partial charge is 0.390 e. The normalized spacial score (nSPS) is 19.1. The van der Waals surface area contributed by atoms with Crippen molar-refractivity contribution in [2.45, 2.75) is 12.6 Å². The lowest BCUT2D eigenvalue weighted by atomic mass is 10.2. The Morgan fingerprint density at radius 1 is 1.38 bits per heavy atom. The van der Waals surface area contributed by atoms with E-state index in [1.807, 2.05) is 19.2 Å². The second-order valence-corrected chi connectivity index (χ2v) is 6.27. The molecule has 2 rings (SSSR count).